The van der Waals surface area contributed by atoms with Crippen LogP contribution in [0.3, 0.4) is 0 Å². The van der Waals surface area contributed by atoms with Gasteiger partial charge >= 0.3 is 0 Å². The van der Waals surface area contributed by atoms with Crippen molar-refractivity contribution in [1.82, 2.24) is 4.98 Å². The van der Waals surface area contributed by atoms with Gasteiger partial charge in [-0.1, -0.05) is 0 Å². The summed E-state index contributed by atoms with van der Waals surface area (Å²) in [5, 5.41) is 8.65. The van der Waals surface area contributed by atoms with Crippen molar-refractivity contribution in [3.63, 3.8) is 0 Å². The molecular formula is C8H5ClF2N2O3S. The van der Waals surface area contributed by atoms with Crippen molar-refractivity contribution in [3.05, 3.63) is 17.5 Å². The van der Waals surface area contributed by atoms with Gasteiger partial charge in [0.05, 0.1) is 12.7 Å². The molecule has 1 rings (SSSR count). The number of hydrogen-bond acceptors (Lipinski definition) is 5. The molecule has 0 saturated heterocycles. The van der Waals surface area contributed by atoms with Crippen molar-refractivity contribution in [1.29, 1.82) is 5.26 Å². The van der Waals surface area contributed by atoms with Gasteiger partial charge in [-0.2, -0.15) is 5.26 Å². The van der Waals surface area contributed by atoms with E-state index in [1.54, 1.807) is 0 Å². The summed E-state index contributed by atoms with van der Waals surface area (Å²) in [6, 6.07) is 1.52. The first kappa shape index (κ1) is 13.6. The summed E-state index contributed by atoms with van der Waals surface area (Å²) < 4.78 is 52.3. The van der Waals surface area contributed by atoms with Crippen molar-refractivity contribution in [2.24, 2.45) is 0 Å². The van der Waals surface area contributed by atoms with Crippen LogP contribution in [0.2, 0.25) is 0 Å². The van der Waals surface area contributed by atoms with Gasteiger partial charge < -0.3 is 4.74 Å². The van der Waals surface area contributed by atoms with Crippen molar-refractivity contribution in [2.75, 3.05) is 7.11 Å². The highest BCUT2D eigenvalue weighted by Crippen LogP contribution is 2.36. The highest BCUT2D eigenvalue weighted by atomic mass is 35.7. The summed E-state index contributed by atoms with van der Waals surface area (Å²) >= 11 is 0. The smallest absolute Gasteiger partial charge is 0.266 e. The molecule has 0 aliphatic heterocycles. The van der Waals surface area contributed by atoms with Crippen LogP contribution in [-0.4, -0.2) is 20.5 Å². The molecule has 0 fully saturated rings. The SMILES string of the molecule is COc1c(C#N)ncc(C(F)F)c1S(=O)(=O)Cl. The quantitative estimate of drug-likeness (QED) is 0.790. The van der Waals surface area contributed by atoms with Crippen LogP contribution < -0.4 is 4.74 Å². The molecule has 0 unspecified atom stereocenters. The molecule has 0 aliphatic carbocycles. The molecule has 5 nitrogen and oxygen atoms in total. The zero-order chi connectivity index (χ0) is 13.2. The number of nitrogens with zero attached hydrogens (tertiary/aromatic N) is 2. The lowest BCUT2D eigenvalue weighted by Crippen LogP contribution is -2.06. The zero-order valence-corrected chi connectivity index (χ0v) is 9.89. The normalized spacial score (nSPS) is 11.3. The van der Waals surface area contributed by atoms with Crippen LogP contribution in [0.4, 0.5) is 8.78 Å². The number of hydrogen-bond donors (Lipinski definition) is 0. The highest BCUT2D eigenvalue weighted by molar-refractivity contribution is 8.13. The van der Waals surface area contributed by atoms with Crippen molar-refractivity contribution >= 4 is 19.7 Å². The standard InChI is InChI=1S/C8H5ClF2N2O3S/c1-16-6-5(2-12)13-3-4(8(10)11)7(6)17(9,14)15/h3,8H,1H3. The summed E-state index contributed by atoms with van der Waals surface area (Å²) in [4.78, 5) is 2.45. The number of alkyl halides is 2. The Kier molecular flexibility index (Phi) is 3.85. The predicted octanol–water partition coefficient (Wildman–Crippen LogP) is 1.83. The number of halogens is 3. The molecule has 17 heavy (non-hydrogen) atoms. The minimum Gasteiger partial charge on any atom is -0.492 e. The molecule has 0 aromatic carbocycles. The maximum atomic E-state index is 12.6. The van der Waals surface area contributed by atoms with Crippen LogP contribution in [0.1, 0.15) is 17.7 Å². The first-order valence-electron chi connectivity index (χ1n) is 4.02. The summed E-state index contributed by atoms with van der Waals surface area (Å²) in [5.74, 6) is -0.583. The Morgan fingerprint density at radius 3 is 2.53 bits per heavy atom. The van der Waals surface area contributed by atoms with Gasteiger partial charge in [-0.25, -0.2) is 22.2 Å². The predicted molar refractivity (Wildman–Crippen MR) is 53.5 cm³/mol. The van der Waals surface area contributed by atoms with E-state index in [0.717, 1.165) is 7.11 Å². The van der Waals surface area contributed by atoms with E-state index in [9.17, 15) is 17.2 Å². The van der Waals surface area contributed by atoms with Crippen LogP contribution in [0, 0.1) is 11.3 Å². The molecule has 0 saturated carbocycles. The Balaban J connectivity index is 3.77. The number of ether oxygens (including phenoxy) is 1. The van der Waals surface area contributed by atoms with Gasteiger partial charge in [0.25, 0.3) is 15.5 Å². The number of rotatable bonds is 3. The second kappa shape index (κ2) is 4.81. The molecule has 1 aromatic heterocycles. The maximum absolute atomic E-state index is 12.6. The third kappa shape index (κ3) is 2.62. The van der Waals surface area contributed by atoms with Crippen molar-refractivity contribution < 1.29 is 21.9 Å². The summed E-state index contributed by atoms with van der Waals surface area (Å²) in [6.07, 6.45) is -2.52. The Bertz CT molecular complexity index is 583. The Morgan fingerprint density at radius 2 is 2.18 bits per heavy atom. The lowest BCUT2D eigenvalue weighted by atomic mass is 10.2. The number of nitriles is 1. The molecule has 0 amide bonds. The van der Waals surface area contributed by atoms with Crippen molar-refractivity contribution in [3.8, 4) is 11.8 Å². The number of aromatic nitrogens is 1. The largest absolute Gasteiger partial charge is 0.492 e. The van der Waals surface area contributed by atoms with Gasteiger partial charge in [-0.05, 0) is 0 Å². The van der Waals surface area contributed by atoms with E-state index in [-0.39, 0.29) is 0 Å². The Labute approximate surface area is 100 Å². The Morgan fingerprint density at radius 1 is 1.59 bits per heavy atom. The molecular weight excluding hydrogens is 278 g/mol. The second-order valence-corrected chi connectivity index (χ2v) is 5.28. The van der Waals surface area contributed by atoms with E-state index < -0.39 is 37.4 Å². The topological polar surface area (TPSA) is 80.0 Å². The van der Waals surface area contributed by atoms with Crippen LogP contribution >= 0.6 is 10.7 Å². The van der Waals surface area contributed by atoms with Gasteiger partial charge in [-0.15, -0.1) is 0 Å². The average molecular weight is 283 g/mol. The molecule has 0 bridgehead atoms. The van der Waals surface area contributed by atoms with Gasteiger partial charge in [0.1, 0.15) is 11.0 Å². The molecule has 0 atom stereocenters. The lowest BCUT2D eigenvalue weighted by Gasteiger charge is -2.11. The molecule has 0 N–H and O–H groups in total. The minimum absolute atomic E-state index is 0.434. The fourth-order valence-electron chi connectivity index (χ4n) is 1.17. The van der Waals surface area contributed by atoms with Crippen LogP contribution in [0.15, 0.2) is 11.1 Å². The fourth-order valence-corrected chi connectivity index (χ4v) is 2.47. The van der Waals surface area contributed by atoms with Crippen LogP contribution in [0.5, 0.6) is 5.75 Å². The third-order valence-corrected chi connectivity index (χ3v) is 3.18. The minimum atomic E-state index is -4.48. The molecule has 92 valence electrons. The number of pyridine rings is 1. The molecule has 1 heterocycles. The molecule has 0 aliphatic rings. The van der Waals surface area contributed by atoms with E-state index in [4.69, 9.17) is 15.9 Å². The summed E-state index contributed by atoms with van der Waals surface area (Å²) in [7, 11) is 1.59. The Hall–Kier alpha value is -1.46. The zero-order valence-electron chi connectivity index (χ0n) is 8.32. The van der Waals surface area contributed by atoms with Crippen molar-refractivity contribution in [2.45, 2.75) is 11.3 Å². The van der Waals surface area contributed by atoms with Gasteiger partial charge in [0.2, 0.25) is 0 Å². The van der Waals surface area contributed by atoms with E-state index >= 15 is 0 Å². The van der Waals surface area contributed by atoms with E-state index in [0.29, 0.717) is 6.20 Å². The molecule has 1 aromatic rings. The fraction of sp³-hybridized carbons (Fsp3) is 0.250. The van der Waals surface area contributed by atoms with E-state index in [1.165, 1.54) is 6.07 Å². The third-order valence-electron chi connectivity index (χ3n) is 1.81. The monoisotopic (exact) mass is 282 g/mol. The molecule has 9 heteroatoms. The first-order chi connectivity index (χ1) is 7.82. The van der Waals surface area contributed by atoms with Crippen LogP contribution in [0.25, 0.3) is 0 Å². The van der Waals surface area contributed by atoms with E-state index in [1.807, 2.05) is 0 Å². The van der Waals surface area contributed by atoms with E-state index in [2.05, 4.69) is 9.72 Å². The lowest BCUT2D eigenvalue weighted by molar-refractivity contribution is 0.146. The van der Waals surface area contributed by atoms with Gasteiger partial charge in [0, 0.05) is 16.9 Å². The molecule has 0 radical (unpaired) electrons. The molecule has 0 spiro atoms. The van der Waals surface area contributed by atoms with Gasteiger partial charge in [0.15, 0.2) is 11.4 Å². The average Bonchev–Trinajstić information content (AvgIpc) is 2.25. The van der Waals surface area contributed by atoms with Crippen LogP contribution in [-0.2, 0) is 9.05 Å². The first-order valence-corrected chi connectivity index (χ1v) is 6.33. The van der Waals surface area contributed by atoms with Gasteiger partial charge in [-0.3, -0.25) is 0 Å². The summed E-state index contributed by atoms with van der Waals surface area (Å²) in [5.41, 5.74) is -1.34. The second-order valence-electron chi connectivity index (χ2n) is 2.77. The summed E-state index contributed by atoms with van der Waals surface area (Å²) in [6.45, 7) is 0. The maximum Gasteiger partial charge on any atom is 0.266 e. The highest BCUT2D eigenvalue weighted by Gasteiger charge is 2.29. The number of methoxy groups -OCH3 is 1.